The van der Waals surface area contributed by atoms with Crippen LogP contribution in [0, 0.1) is 18.8 Å². The minimum Gasteiger partial charge on any atom is -0.463 e. The Morgan fingerprint density at radius 1 is 1.42 bits per heavy atom. The predicted octanol–water partition coefficient (Wildman–Crippen LogP) is 2.23. The Morgan fingerprint density at radius 2 is 2.21 bits per heavy atom. The van der Waals surface area contributed by atoms with Crippen LogP contribution in [0.15, 0.2) is 36.4 Å². The molecule has 0 aromatic heterocycles. The summed E-state index contributed by atoms with van der Waals surface area (Å²) in [5.74, 6) is -1.46. The van der Waals surface area contributed by atoms with Gasteiger partial charge in [-0.15, -0.1) is 0 Å². The number of amides is 1. The van der Waals surface area contributed by atoms with Gasteiger partial charge in [0, 0.05) is 5.69 Å². The Morgan fingerprint density at radius 3 is 2.92 bits per heavy atom. The second kappa shape index (κ2) is 5.18. The molecule has 1 aromatic carbocycles. The van der Waals surface area contributed by atoms with Crippen molar-refractivity contribution in [2.75, 3.05) is 11.4 Å². The molecule has 2 bridgehead atoms. The lowest BCUT2D eigenvalue weighted by molar-refractivity contribution is -0.156. The molecule has 2 fully saturated rings. The maximum Gasteiger partial charge on any atom is 0.313 e. The first-order chi connectivity index (χ1) is 11.4. The number of carbonyl (C=O) groups is 2. The fourth-order valence-electron chi connectivity index (χ4n) is 4.09. The van der Waals surface area contributed by atoms with E-state index in [1.54, 1.807) is 4.90 Å². The Balaban J connectivity index is 1.68. The lowest BCUT2D eigenvalue weighted by Gasteiger charge is -2.23. The number of hydrogen-bond acceptors (Lipinski definition) is 4. The first-order valence-electron chi connectivity index (χ1n) is 8.37. The number of carbonyl (C=O) groups excluding carboxylic acids is 2. The highest BCUT2D eigenvalue weighted by molar-refractivity contribution is 6.02. The first kappa shape index (κ1) is 15.4. The smallest absolute Gasteiger partial charge is 0.313 e. The third kappa shape index (κ3) is 2.11. The average Bonchev–Trinajstić information content (AvgIpc) is 3.15. The number of ether oxygens (including phenoxy) is 2. The average molecular weight is 327 g/mol. The molecule has 3 aliphatic rings. The molecule has 5 nitrogen and oxygen atoms in total. The molecular formula is C19H21NO4. The third-order valence-corrected chi connectivity index (χ3v) is 5.04. The lowest BCUT2D eigenvalue weighted by atomic mass is 9.77. The van der Waals surface area contributed by atoms with Crippen LogP contribution in [0.2, 0.25) is 0 Å². The number of esters is 1. The molecule has 3 heterocycles. The summed E-state index contributed by atoms with van der Waals surface area (Å²) in [5, 5.41) is 0. The Labute approximate surface area is 141 Å². The summed E-state index contributed by atoms with van der Waals surface area (Å²) in [7, 11) is 0. The topological polar surface area (TPSA) is 55.8 Å². The van der Waals surface area contributed by atoms with E-state index in [0.717, 1.165) is 11.3 Å². The summed E-state index contributed by atoms with van der Waals surface area (Å²) in [6, 6.07) is 7.82. The quantitative estimate of drug-likeness (QED) is 0.631. The fourth-order valence-corrected chi connectivity index (χ4v) is 4.09. The molecule has 3 aliphatic heterocycles. The van der Waals surface area contributed by atoms with Gasteiger partial charge in [-0.05, 0) is 38.5 Å². The Kier molecular flexibility index (Phi) is 3.32. The minimum atomic E-state index is -0.702. The van der Waals surface area contributed by atoms with E-state index in [1.807, 2.05) is 57.2 Å². The summed E-state index contributed by atoms with van der Waals surface area (Å²) in [6.45, 7) is 6.06. The third-order valence-electron chi connectivity index (χ3n) is 5.04. The van der Waals surface area contributed by atoms with Crippen molar-refractivity contribution >= 4 is 17.6 Å². The zero-order chi connectivity index (χ0) is 17.1. The molecule has 4 atom stereocenters. The molecule has 1 amide bonds. The van der Waals surface area contributed by atoms with Crippen molar-refractivity contribution in [3.63, 3.8) is 0 Å². The highest BCUT2D eigenvalue weighted by Gasteiger charge is 2.67. The van der Waals surface area contributed by atoms with Gasteiger partial charge in [0.05, 0.1) is 24.7 Å². The second-order valence-corrected chi connectivity index (χ2v) is 7.15. The van der Waals surface area contributed by atoms with Crippen molar-refractivity contribution in [3.8, 4) is 0 Å². The summed E-state index contributed by atoms with van der Waals surface area (Å²) in [6.07, 6.45) is 3.29. The van der Waals surface area contributed by atoms with E-state index in [9.17, 15) is 9.59 Å². The van der Waals surface area contributed by atoms with Crippen LogP contribution in [0.4, 0.5) is 5.69 Å². The van der Waals surface area contributed by atoms with Gasteiger partial charge in [-0.2, -0.15) is 0 Å². The van der Waals surface area contributed by atoms with Gasteiger partial charge in [-0.25, -0.2) is 0 Å². The van der Waals surface area contributed by atoms with Crippen LogP contribution >= 0.6 is 0 Å². The molecule has 1 spiro atoms. The summed E-state index contributed by atoms with van der Waals surface area (Å²) < 4.78 is 11.5. The molecule has 0 saturated carbocycles. The van der Waals surface area contributed by atoms with Gasteiger partial charge in [-0.1, -0.05) is 24.3 Å². The van der Waals surface area contributed by atoms with Gasteiger partial charge < -0.3 is 14.4 Å². The van der Waals surface area contributed by atoms with Crippen molar-refractivity contribution < 1.29 is 19.1 Å². The van der Waals surface area contributed by atoms with E-state index >= 15 is 0 Å². The van der Waals surface area contributed by atoms with Crippen molar-refractivity contribution in [3.05, 3.63) is 42.0 Å². The van der Waals surface area contributed by atoms with Gasteiger partial charge in [0.25, 0.3) is 0 Å². The standard InChI is InChI=1S/C19H21NO4/c1-11(2)23-18(22)15-14-7-8-19(24-14)10-20(17(21)16(15)19)13-6-4-5-12(3)9-13/h4-9,11,14-16H,10H2,1-3H3/t14-,15+,16-,19-/m1/s1. The molecule has 0 aliphatic carbocycles. The van der Waals surface area contributed by atoms with Crippen LogP contribution in [0.5, 0.6) is 0 Å². The van der Waals surface area contributed by atoms with Crippen molar-refractivity contribution in [1.82, 2.24) is 0 Å². The van der Waals surface area contributed by atoms with Crippen LogP contribution < -0.4 is 4.90 Å². The number of benzene rings is 1. The van der Waals surface area contributed by atoms with Gasteiger partial charge in [-0.3, -0.25) is 9.59 Å². The number of hydrogen-bond donors (Lipinski definition) is 0. The fraction of sp³-hybridized carbons (Fsp3) is 0.474. The van der Waals surface area contributed by atoms with Gasteiger partial charge in [0.15, 0.2) is 0 Å². The number of rotatable bonds is 3. The monoisotopic (exact) mass is 327 g/mol. The predicted molar refractivity (Wildman–Crippen MR) is 88.5 cm³/mol. The van der Waals surface area contributed by atoms with Crippen LogP contribution in [-0.4, -0.2) is 36.2 Å². The van der Waals surface area contributed by atoms with E-state index in [-0.39, 0.29) is 24.1 Å². The minimum absolute atomic E-state index is 0.0573. The van der Waals surface area contributed by atoms with Gasteiger partial charge >= 0.3 is 5.97 Å². The van der Waals surface area contributed by atoms with Crippen molar-refractivity contribution in [2.24, 2.45) is 11.8 Å². The van der Waals surface area contributed by atoms with E-state index in [4.69, 9.17) is 9.47 Å². The van der Waals surface area contributed by atoms with Crippen LogP contribution in [-0.2, 0) is 19.1 Å². The first-order valence-corrected chi connectivity index (χ1v) is 8.37. The molecule has 2 saturated heterocycles. The van der Waals surface area contributed by atoms with Crippen LogP contribution in [0.25, 0.3) is 0 Å². The largest absolute Gasteiger partial charge is 0.463 e. The van der Waals surface area contributed by atoms with E-state index in [1.165, 1.54) is 0 Å². The molecular weight excluding hydrogens is 306 g/mol. The highest BCUT2D eigenvalue weighted by Crippen LogP contribution is 2.52. The molecule has 4 rings (SSSR count). The Bertz CT molecular complexity index is 741. The molecule has 126 valence electrons. The van der Waals surface area contributed by atoms with E-state index in [0.29, 0.717) is 6.54 Å². The molecule has 0 radical (unpaired) electrons. The second-order valence-electron chi connectivity index (χ2n) is 7.15. The van der Waals surface area contributed by atoms with Crippen molar-refractivity contribution in [1.29, 1.82) is 0 Å². The van der Waals surface area contributed by atoms with Gasteiger partial charge in [0.2, 0.25) is 5.91 Å². The maximum atomic E-state index is 13.1. The number of nitrogens with zero attached hydrogens (tertiary/aromatic N) is 1. The van der Waals surface area contributed by atoms with E-state index < -0.39 is 17.4 Å². The number of fused-ring (bicyclic) bond motifs is 1. The normalized spacial score (nSPS) is 33.4. The summed E-state index contributed by atoms with van der Waals surface area (Å²) >= 11 is 0. The highest BCUT2D eigenvalue weighted by atomic mass is 16.6. The Hall–Kier alpha value is -2.14. The molecule has 24 heavy (non-hydrogen) atoms. The van der Waals surface area contributed by atoms with Crippen LogP contribution in [0.3, 0.4) is 0 Å². The molecule has 1 aromatic rings. The lowest BCUT2D eigenvalue weighted by Crippen LogP contribution is -2.40. The van der Waals surface area contributed by atoms with Crippen molar-refractivity contribution in [2.45, 2.75) is 38.6 Å². The maximum absolute atomic E-state index is 13.1. The zero-order valence-electron chi connectivity index (χ0n) is 14.1. The zero-order valence-corrected chi connectivity index (χ0v) is 14.1. The molecule has 0 unspecified atom stereocenters. The summed E-state index contributed by atoms with van der Waals surface area (Å²) in [5.41, 5.74) is 1.23. The molecule has 5 heteroatoms. The van der Waals surface area contributed by atoms with Crippen LogP contribution in [0.1, 0.15) is 19.4 Å². The number of anilines is 1. The SMILES string of the molecule is Cc1cccc(N2C[C@@]34C=C[C@@H](O3)[C@H](C(=O)OC(C)C)[C@@H]4C2=O)c1. The van der Waals surface area contributed by atoms with Gasteiger partial charge in [0.1, 0.15) is 11.5 Å². The molecule has 0 N–H and O–H groups in total. The number of aryl methyl sites for hydroxylation is 1. The van der Waals surface area contributed by atoms with E-state index in [2.05, 4.69) is 0 Å². The summed E-state index contributed by atoms with van der Waals surface area (Å²) in [4.78, 5) is 27.3.